The molecule has 3 nitrogen and oxygen atoms in total. The van der Waals surface area contributed by atoms with Crippen LogP contribution in [0.5, 0.6) is 0 Å². The maximum Gasteiger partial charge on any atom is 0.335 e. The highest BCUT2D eigenvalue weighted by Crippen LogP contribution is 2.24. The molecule has 1 aliphatic heterocycles. The first-order valence-electron chi connectivity index (χ1n) is 4.75. The van der Waals surface area contributed by atoms with E-state index in [0.29, 0.717) is 11.6 Å². The summed E-state index contributed by atoms with van der Waals surface area (Å²) in [7, 11) is 0. The Hall–Kier alpha value is -1.35. The Kier molecular flexibility index (Phi) is 2.25. The fourth-order valence-corrected chi connectivity index (χ4v) is 1.72. The molecule has 1 aromatic carbocycles. The summed E-state index contributed by atoms with van der Waals surface area (Å²) in [5, 5.41) is 12.1. The predicted octanol–water partition coefficient (Wildman–Crippen LogP) is 1.73. The highest BCUT2D eigenvalue weighted by atomic mass is 16.4. The summed E-state index contributed by atoms with van der Waals surface area (Å²) in [6, 6.07) is 5.97. The summed E-state index contributed by atoms with van der Waals surface area (Å²) < 4.78 is 0. The van der Waals surface area contributed by atoms with E-state index in [1.165, 1.54) is 5.56 Å². The van der Waals surface area contributed by atoms with Gasteiger partial charge < -0.3 is 10.4 Å². The van der Waals surface area contributed by atoms with Crippen molar-refractivity contribution < 1.29 is 9.90 Å². The Balaban J connectivity index is 2.30. The Labute approximate surface area is 82.8 Å². The van der Waals surface area contributed by atoms with Crippen molar-refractivity contribution in [3.8, 4) is 0 Å². The van der Waals surface area contributed by atoms with Crippen molar-refractivity contribution in [2.75, 3.05) is 6.54 Å². The summed E-state index contributed by atoms with van der Waals surface area (Å²) in [6.07, 6.45) is 1.14. The lowest BCUT2D eigenvalue weighted by Crippen LogP contribution is -2.34. The van der Waals surface area contributed by atoms with E-state index in [4.69, 9.17) is 5.11 Å². The molecule has 1 heterocycles. The highest BCUT2D eigenvalue weighted by molar-refractivity contribution is 5.89. The molecule has 0 bridgehead atoms. The Bertz CT molecular complexity index is 370. The number of aromatic carboxylic acids is 1. The maximum atomic E-state index is 10.8. The van der Waals surface area contributed by atoms with E-state index < -0.39 is 5.97 Å². The Morgan fingerprint density at radius 3 is 2.71 bits per heavy atom. The molecule has 1 aliphatic rings. The lowest BCUT2D eigenvalue weighted by Gasteiger charge is -2.28. The fraction of sp³-hybridized carbons (Fsp3) is 0.364. The molecule has 0 saturated carbocycles. The van der Waals surface area contributed by atoms with Gasteiger partial charge in [0.05, 0.1) is 5.56 Å². The van der Waals surface area contributed by atoms with Crippen molar-refractivity contribution in [1.29, 1.82) is 0 Å². The van der Waals surface area contributed by atoms with Gasteiger partial charge in [0.2, 0.25) is 0 Å². The number of hydrogen-bond acceptors (Lipinski definition) is 2. The lowest BCUT2D eigenvalue weighted by atomic mass is 9.95. The van der Waals surface area contributed by atoms with Gasteiger partial charge in [-0.3, -0.25) is 0 Å². The molecular weight excluding hydrogens is 178 g/mol. The van der Waals surface area contributed by atoms with Gasteiger partial charge in [-0.2, -0.15) is 0 Å². The molecule has 1 fully saturated rings. The van der Waals surface area contributed by atoms with Crippen molar-refractivity contribution in [3.05, 3.63) is 34.9 Å². The molecule has 2 N–H and O–H groups in total. The second-order valence-corrected chi connectivity index (χ2v) is 3.67. The zero-order chi connectivity index (χ0) is 10.1. The second-order valence-electron chi connectivity index (χ2n) is 3.67. The zero-order valence-electron chi connectivity index (χ0n) is 8.08. The van der Waals surface area contributed by atoms with Gasteiger partial charge >= 0.3 is 5.97 Å². The summed E-state index contributed by atoms with van der Waals surface area (Å²) in [5.74, 6) is -0.851. The molecule has 2 rings (SSSR count). The smallest absolute Gasteiger partial charge is 0.335 e. The topological polar surface area (TPSA) is 49.3 Å². The van der Waals surface area contributed by atoms with Crippen LogP contribution in [-0.2, 0) is 0 Å². The van der Waals surface area contributed by atoms with E-state index >= 15 is 0 Å². The quantitative estimate of drug-likeness (QED) is 0.748. The number of rotatable bonds is 2. The van der Waals surface area contributed by atoms with Crippen LogP contribution in [0.4, 0.5) is 0 Å². The fourth-order valence-electron chi connectivity index (χ4n) is 1.72. The SMILES string of the molecule is Cc1cc([C@H]2CCN2)ccc1C(=O)O. The third-order valence-corrected chi connectivity index (χ3v) is 2.71. The minimum atomic E-state index is -0.851. The van der Waals surface area contributed by atoms with E-state index in [2.05, 4.69) is 5.32 Å². The zero-order valence-corrected chi connectivity index (χ0v) is 8.08. The van der Waals surface area contributed by atoms with E-state index in [1.54, 1.807) is 6.07 Å². The van der Waals surface area contributed by atoms with Crippen LogP contribution in [0.15, 0.2) is 18.2 Å². The Morgan fingerprint density at radius 1 is 1.57 bits per heavy atom. The van der Waals surface area contributed by atoms with Crippen molar-refractivity contribution in [3.63, 3.8) is 0 Å². The van der Waals surface area contributed by atoms with Gasteiger partial charge in [-0.1, -0.05) is 12.1 Å². The minimum Gasteiger partial charge on any atom is -0.478 e. The molecule has 1 atom stereocenters. The third-order valence-electron chi connectivity index (χ3n) is 2.71. The monoisotopic (exact) mass is 191 g/mol. The molecule has 0 unspecified atom stereocenters. The standard InChI is InChI=1S/C11H13NO2/c1-7-6-8(10-4-5-12-10)2-3-9(7)11(13)14/h2-3,6,10,12H,4-5H2,1H3,(H,13,14)/t10-/m1/s1. The first-order chi connectivity index (χ1) is 6.68. The van der Waals surface area contributed by atoms with Gasteiger partial charge in [-0.05, 0) is 37.1 Å². The Morgan fingerprint density at radius 2 is 2.29 bits per heavy atom. The van der Waals surface area contributed by atoms with Crippen molar-refractivity contribution >= 4 is 5.97 Å². The predicted molar refractivity (Wildman–Crippen MR) is 53.5 cm³/mol. The largest absolute Gasteiger partial charge is 0.478 e. The lowest BCUT2D eigenvalue weighted by molar-refractivity contribution is 0.0696. The van der Waals surface area contributed by atoms with Gasteiger partial charge in [0, 0.05) is 6.04 Å². The van der Waals surface area contributed by atoms with Gasteiger partial charge in [0.15, 0.2) is 0 Å². The number of hydrogen-bond donors (Lipinski definition) is 2. The molecular formula is C11H13NO2. The van der Waals surface area contributed by atoms with Crippen LogP contribution in [0.3, 0.4) is 0 Å². The first-order valence-corrected chi connectivity index (χ1v) is 4.75. The molecule has 14 heavy (non-hydrogen) atoms. The van der Waals surface area contributed by atoms with Crippen molar-refractivity contribution in [2.45, 2.75) is 19.4 Å². The first kappa shape index (κ1) is 9.21. The van der Waals surface area contributed by atoms with Gasteiger partial charge in [0.25, 0.3) is 0 Å². The van der Waals surface area contributed by atoms with Gasteiger partial charge in [-0.15, -0.1) is 0 Å². The molecule has 1 aromatic rings. The second kappa shape index (κ2) is 3.42. The van der Waals surface area contributed by atoms with Crippen LogP contribution in [0.2, 0.25) is 0 Å². The summed E-state index contributed by atoms with van der Waals surface area (Å²) in [6.45, 7) is 2.90. The highest BCUT2D eigenvalue weighted by Gasteiger charge is 2.19. The van der Waals surface area contributed by atoms with E-state index in [1.807, 2.05) is 19.1 Å². The minimum absolute atomic E-state index is 0.396. The van der Waals surface area contributed by atoms with Gasteiger partial charge in [-0.25, -0.2) is 4.79 Å². The average Bonchev–Trinajstić information content (AvgIpc) is 2.00. The number of carbonyl (C=O) groups is 1. The molecule has 0 amide bonds. The normalized spacial score (nSPS) is 20.2. The van der Waals surface area contributed by atoms with Gasteiger partial charge in [0.1, 0.15) is 0 Å². The molecule has 1 saturated heterocycles. The third kappa shape index (κ3) is 1.51. The molecule has 74 valence electrons. The van der Waals surface area contributed by atoms with Crippen molar-refractivity contribution in [2.24, 2.45) is 0 Å². The van der Waals surface area contributed by atoms with Crippen molar-refractivity contribution in [1.82, 2.24) is 5.32 Å². The average molecular weight is 191 g/mol. The van der Waals surface area contributed by atoms with Crippen LogP contribution in [0.25, 0.3) is 0 Å². The number of carboxylic acid groups (broad SMARTS) is 1. The van der Waals surface area contributed by atoms with E-state index in [0.717, 1.165) is 18.5 Å². The number of benzene rings is 1. The molecule has 0 radical (unpaired) electrons. The number of nitrogens with one attached hydrogen (secondary N) is 1. The van der Waals surface area contributed by atoms with Crippen LogP contribution >= 0.6 is 0 Å². The summed E-state index contributed by atoms with van der Waals surface area (Å²) in [5.41, 5.74) is 2.43. The molecule has 0 spiro atoms. The molecule has 0 aliphatic carbocycles. The molecule has 3 heteroatoms. The van der Waals surface area contributed by atoms with Crippen LogP contribution in [0.1, 0.15) is 33.9 Å². The maximum absolute atomic E-state index is 10.8. The van der Waals surface area contributed by atoms with Crippen LogP contribution < -0.4 is 5.32 Å². The van der Waals surface area contributed by atoms with Crippen LogP contribution in [-0.4, -0.2) is 17.6 Å². The van der Waals surface area contributed by atoms with E-state index in [9.17, 15) is 4.79 Å². The van der Waals surface area contributed by atoms with Crippen LogP contribution in [0, 0.1) is 6.92 Å². The summed E-state index contributed by atoms with van der Waals surface area (Å²) in [4.78, 5) is 10.8. The number of carboxylic acids is 1. The number of aryl methyl sites for hydroxylation is 1. The molecule has 0 aromatic heterocycles. The summed E-state index contributed by atoms with van der Waals surface area (Å²) >= 11 is 0. The van der Waals surface area contributed by atoms with E-state index in [-0.39, 0.29) is 0 Å².